The number of rotatable bonds is 20. The van der Waals surface area contributed by atoms with Crippen molar-refractivity contribution in [2.75, 3.05) is 7.11 Å². The van der Waals surface area contributed by atoms with Crippen LogP contribution in [0, 0.1) is 35.5 Å². The molecule has 230 valence electrons. The number of ether oxygens (including phenoxy) is 1. The molecule has 0 bridgehead atoms. The third-order valence-corrected chi connectivity index (χ3v) is 7.77. The molecule has 7 nitrogen and oxygen atoms in total. The third-order valence-electron chi connectivity index (χ3n) is 7.77. The zero-order chi connectivity index (χ0) is 30.8. The van der Waals surface area contributed by atoms with Crippen molar-refractivity contribution in [3.63, 3.8) is 0 Å². The average molecular weight is 565 g/mol. The Labute approximate surface area is 242 Å². The summed E-state index contributed by atoms with van der Waals surface area (Å²) in [5.74, 6) is -0.884. The lowest BCUT2D eigenvalue weighted by atomic mass is 9.82. The summed E-state index contributed by atoms with van der Waals surface area (Å²) in [5, 5.41) is 52.7. The predicted octanol–water partition coefficient (Wildman–Crippen LogP) is 4.75. The third kappa shape index (κ3) is 15.7. The second-order valence-electron chi connectivity index (χ2n) is 11.5. The second kappa shape index (κ2) is 20.8. The number of hydrogen-bond acceptors (Lipinski definition) is 7. The van der Waals surface area contributed by atoms with Gasteiger partial charge in [0.25, 0.3) is 0 Å². The molecule has 0 aliphatic heterocycles. The molecule has 0 saturated heterocycles. The van der Waals surface area contributed by atoms with Gasteiger partial charge in [0.2, 0.25) is 0 Å². The first kappa shape index (κ1) is 38.0. The van der Waals surface area contributed by atoms with E-state index in [9.17, 15) is 30.3 Å². The summed E-state index contributed by atoms with van der Waals surface area (Å²) in [5.41, 5.74) is 0. The summed E-state index contributed by atoms with van der Waals surface area (Å²) in [6, 6.07) is 0. The Kier molecular flexibility index (Phi) is 19.7. The highest BCUT2D eigenvalue weighted by molar-refractivity contribution is 5.82. The standard InChI is InChI=1S/C33H56O7/c1-9-10-13-24(4)33(39)27(7)29(35)19-16-22(2)20-26(6)32(38)25(5)17-18-28(34)21-30(36)23(3)14-11-12-15-31(37)40-8/h9-15,17-18,22-30,32-36,38-39H,1,16,19-21H2,2-8H3/b13-10-,14-11+,15-12-,18-17-/t22-,23-,24+,25+,26+,27+,28-,29-,30+,32+,33+/m1/s1. The van der Waals surface area contributed by atoms with E-state index < -0.39 is 36.5 Å². The average Bonchev–Trinajstić information content (AvgIpc) is 2.93. The summed E-state index contributed by atoms with van der Waals surface area (Å²) in [4.78, 5) is 11.1. The normalized spacial score (nSPS) is 21.1. The highest BCUT2D eigenvalue weighted by Gasteiger charge is 2.27. The van der Waals surface area contributed by atoms with Crippen molar-refractivity contribution in [2.45, 2.75) is 97.7 Å². The van der Waals surface area contributed by atoms with E-state index in [2.05, 4.69) is 18.2 Å². The lowest BCUT2D eigenvalue weighted by Crippen LogP contribution is -2.33. The molecule has 0 rings (SSSR count). The first-order valence-corrected chi connectivity index (χ1v) is 14.6. The molecule has 0 heterocycles. The Balaban J connectivity index is 4.65. The summed E-state index contributed by atoms with van der Waals surface area (Å²) in [6.07, 6.45) is 13.8. The van der Waals surface area contributed by atoms with Crippen molar-refractivity contribution < 1.29 is 35.1 Å². The minimum atomic E-state index is -0.853. The van der Waals surface area contributed by atoms with Gasteiger partial charge in [-0.25, -0.2) is 4.79 Å². The number of allylic oxidation sites excluding steroid dienone is 4. The predicted molar refractivity (Wildman–Crippen MR) is 162 cm³/mol. The molecule has 0 aliphatic rings. The SMILES string of the molecule is C=C/C=C\[C@H](C)[C@H](O)[C@@H](C)[C@H](O)CC[C@@H](C)C[C@H](C)[C@@H](O)[C@@H](C)/C=C\[C@@H](O)C[C@H](O)[C@H](C)/C=C/C=C\C(=O)OC. The van der Waals surface area contributed by atoms with Crippen LogP contribution in [0.1, 0.15) is 67.2 Å². The molecule has 0 aromatic heterocycles. The van der Waals surface area contributed by atoms with Crippen LogP contribution in [0.15, 0.2) is 61.3 Å². The zero-order valence-electron chi connectivity index (χ0n) is 25.6. The molecule has 0 fully saturated rings. The molecule has 0 aromatic carbocycles. The topological polar surface area (TPSA) is 127 Å². The lowest BCUT2D eigenvalue weighted by molar-refractivity contribution is -0.134. The van der Waals surface area contributed by atoms with Crippen LogP contribution in [0.2, 0.25) is 0 Å². The highest BCUT2D eigenvalue weighted by Crippen LogP contribution is 2.27. The van der Waals surface area contributed by atoms with Gasteiger partial charge in [-0.05, 0) is 31.1 Å². The quantitative estimate of drug-likeness (QED) is 0.0625. The molecule has 0 amide bonds. The van der Waals surface area contributed by atoms with E-state index in [0.29, 0.717) is 6.42 Å². The molecule has 11 atom stereocenters. The van der Waals surface area contributed by atoms with Crippen LogP contribution in [-0.2, 0) is 9.53 Å². The number of hydrogen-bond donors (Lipinski definition) is 5. The molecule has 5 N–H and O–H groups in total. The monoisotopic (exact) mass is 564 g/mol. The lowest BCUT2D eigenvalue weighted by Gasteiger charge is -2.29. The Morgan fingerprint density at radius 3 is 1.93 bits per heavy atom. The number of carbonyl (C=O) groups is 1. The van der Waals surface area contributed by atoms with Gasteiger partial charge in [-0.1, -0.05) is 96.7 Å². The molecule has 0 unspecified atom stereocenters. The Hall–Kier alpha value is -2.03. The molecule has 0 radical (unpaired) electrons. The van der Waals surface area contributed by atoms with E-state index in [1.807, 2.05) is 40.7 Å². The van der Waals surface area contributed by atoms with Crippen LogP contribution >= 0.6 is 0 Å². The molecule has 7 heteroatoms. The summed E-state index contributed by atoms with van der Waals surface area (Å²) >= 11 is 0. The van der Waals surface area contributed by atoms with Crippen LogP contribution in [-0.4, -0.2) is 69.1 Å². The van der Waals surface area contributed by atoms with E-state index in [1.54, 1.807) is 36.5 Å². The molecule has 0 aliphatic carbocycles. The van der Waals surface area contributed by atoms with Gasteiger partial charge in [0.1, 0.15) is 0 Å². The Morgan fingerprint density at radius 2 is 1.32 bits per heavy atom. The first-order valence-electron chi connectivity index (χ1n) is 14.6. The molecule has 0 spiro atoms. The van der Waals surface area contributed by atoms with Gasteiger partial charge in [0.05, 0.1) is 37.6 Å². The van der Waals surface area contributed by atoms with E-state index in [0.717, 1.165) is 12.8 Å². The minimum absolute atomic E-state index is 0.0183. The van der Waals surface area contributed by atoms with Gasteiger partial charge in [0.15, 0.2) is 0 Å². The van der Waals surface area contributed by atoms with Crippen LogP contribution in [0.3, 0.4) is 0 Å². The number of aliphatic hydroxyl groups is 5. The molecular weight excluding hydrogens is 508 g/mol. The fraction of sp³-hybridized carbons (Fsp3) is 0.667. The maximum Gasteiger partial charge on any atom is 0.330 e. The molecular formula is C33H56O7. The van der Waals surface area contributed by atoms with Crippen LogP contribution in [0.25, 0.3) is 0 Å². The van der Waals surface area contributed by atoms with Crippen LogP contribution < -0.4 is 0 Å². The van der Waals surface area contributed by atoms with Gasteiger partial charge in [-0.3, -0.25) is 0 Å². The molecule has 0 aromatic rings. The van der Waals surface area contributed by atoms with Crippen LogP contribution in [0.5, 0.6) is 0 Å². The van der Waals surface area contributed by atoms with E-state index >= 15 is 0 Å². The molecule has 40 heavy (non-hydrogen) atoms. The van der Waals surface area contributed by atoms with E-state index in [-0.39, 0.29) is 41.9 Å². The van der Waals surface area contributed by atoms with Crippen molar-refractivity contribution in [1.29, 1.82) is 0 Å². The van der Waals surface area contributed by atoms with Crippen molar-refractivity contribution in [3.05, 3.63) is 61.3 Å². The summed E-state index contributed by atoms with van der Waals surface area (Å²) < 4.78 is 4.52. The van der Waals surface area contributed by atoms with Gasteiger partial charge in [0, 0.05) is 36.2 Å². The van der Waals surface area contributed by atoms with Crippen molar-refractivity contribution >= 4 is 5.97 Å². The van der Waals surface area contributed by atoms with Gasteiger partial charge in [-0.2, -0.15) is 0 Å². The van der Waals surface area contributed by atoms with Gasteiger partial charge < -0.3 is 30.3 Å². The fourth-order valence-corrected chi connectivity index (χ4v) is 4.73. The van der Waals surface area contributed by atoms with Crippen molar-refractivity contribution in [1.82, 2.24) is 0 Å². The van der Waals surface area contributed by atoms with Gasteiger partial charge in [-0.15, -0.1) is 0 Å². The number of esters is 1. The summed E-state index contributed by atoms with van der Waals surface area (Å²) in [7, 11) is 1.30. The molecule has 0 saturated carbocycles. The largest absolute Gasteiger partial charge is 0.466 e. The summed E-state index contributed by atoms with van der Waals surface area (Å²) in [6.45, 7) is 15.3. The van der Waals surface area contributed by atoms with E-state index in [4.69, 9.17) is 0 Å². The minimum Gasteiger partial charge on any atom is -0.466 e. The number of aliphatic hydroxyl groups excluding tert-OH is 5. The number of carbonyl (C=O) groups excluding carboxylic acids is 1. The second-order valence-corrected chi connectivity index (χ2v) is 11.5. The van der Waals surface area contributed by atoms with Gasteiger partial charge >= 0.3 is 5.97 Å². The maximum atomic E-state index is 11.1. The van der Waals surface area contributed by atoms with Crippen molar-refractivity contribution in [2.24, 2.45) is 35.5 Å². The zero-order valence-corrected chi connectivity index (χ0v) is 25.6. The number of methoxy groups -OCH3 is 1. The van der Waals surface area contributed by atoms with E-state index in [1.165, 1.54) is 19.3 Å². The first-order chi connectivity index (χ1) is 18.7. The Morgan fingerprint density at radius 1 is 0.725 bits per heavy atom. The fourth-order valence-electron chi connectivity index (χ4n) is 4.73. The maximum absolute atomic E-state index is 11.1. The smallest absolute Gasteiger partial charge is 0.330 e. The highest BCUT2D eigenvalue weighted by atomic mass is 16.5. The van der Waals surface area contributed by atoms with Crippen LogP contribution in [0.4, 0.5) is 0 Å². The van der Waals surface area contributed by atoms with Crippen molar-refractivity contribution in [3.8, 4) is 0 Å². The Bertz CT molecular complexity index is 818.